The molecule has 0 atom stereocenters. The van der Waals surface area contributed by atoms with Gasteiger partial charge in [-0.1, -0.05) is 0 Å². The first-order chi connectivity index (χ1) is 15.5. The number of rotatable bonds is 6. The van der Waals surface area contributed by atoms with Crippen LogP contribution in [0.15, 0.2) is 66.9 Å². The smallest absolute Gasteiger partial charge is 0.222 e. The second kappa shape index (κ2) is 8.89. The van der Waals surface area contributed by atoms with Crippen LogP contribution in [-0.4, -0.2) is 22.1 Å². The maximum absolute atomic E-state index is 8.95. The molecule has 0 unspecified atom stereocenters. The van der Waals surface area contributed by atoms with E-state index in [1.165, 1.54) is 6.20 Å². The van der Waals surface area contributed by atoms with Gasteiger partial charge >= 0.3 is 0 Å². The Labute approximate surface area is 184 Å². The third kappa shape index (κ3) is 4.66. The summed E-state index contributed by atoms with van der Waals surface area (Å²) in [6.45, 7) is 0. The van der Waals surface area contributed by atoms with E-state index in [4.69, 9.17) is 26.2 Å². The third-order valence-corrected chi connectivity index (χ3v) is 4.48. The zero-order valence-electron chi connectivity index (χ0n) is 17.1. The number of nitriles is 1. The molecule has 0 saturated carbocycles. The number of hydrogen-bond donors (Lipinski definition) is 3. The van der Waals surface area contributed by atoms with Crippen molar-refractivity contribution in [3.05, 3.63) is 72.6 Å². The van der Waals surface area contributed by atoms with Crippen LogP contribution in [0.1, 0.15) is 5.69 Å². The number of ether oxygens (including phenoxy) is 2. The van der Waals surface area contributed by atoms with Gasteiger partial charge in [-0.3, -0.25) is 0 Å². The molecule has 2 heterocycles. The Bertz CT molecular complexity index is 1300. The molecule has 5 N–H and O–H groups in total. The molecule has 0 aliphatic rings. The molecule has 32 heavy (non-hydrogen) atoms. The molecule has 0 aliphatic carbocycles. The SMILES string of the molecule is COc1ccc(-c2cc(Nc3ccc(Oc4ccnc(C#N)c4)cc3)nc(N)n2)cc1N. The van der Waals surface area contributed by atoms with Crippen LogP contribution in [-0.2, 0) is 0 Å². The van der Waals surface area contributed by atoms with E-state index in [-0.39, 0.29) is 11.6 Å². The molecule has 158 valence electrons. The summed E-state index contributed by atoms with van der Waals surface area (Å²) in [5.41, 5.74) is 14.9. The lowest BCUT2D eigenvalue weighted by atomic mass is 10.1. The maximum atomic E-state index is 8.95. The minimum absolute atomic E-state index is 0.130. The molecule has 4 aromatic rings. The Morgan fingerprint density at radius 3 is 2.47 bits per heavy atom. The number of methoxy groups -OCH3 is 1. The van der Waals surface area contributed by atoms with E-state index in [9.17, 15) is 0 Å². The van der Waals surface area contributed by atoms with Gasteiger partial charge in [0.2, 0.25) is 5.95 Å². The average Bonchev–Trinajstić information content (AvgIpc) is 2.80. The Morgan fingerprint density at radius 1 is 0.938 bits per heavy atom. The van der Waals surface area contributed by atoms with Gasteiger partial charge in [-0.2, -0.15) is 10.2 Å². The first-order valence-corrected chi connectivity index (χ1v) is 9.53. The van der Waals surface area contributed by atoms with Crippen molar-refractivity contribution in [1.82, 2.24) is 15.0 Å². The molecule has 0 aliphatic heterocycles. The van der Waals surface area contributed by atoms with Crippen LogP contribution < -0.4 is 26.3 Å². The number of nitrogens with one attached hydrogen (secondary N) is 1. The molecule has 0 radical (unpaired) electrons. The van der Waals surface area contributed by atoms with Crippen molar-refractivity contribution in [2.75, 3.05) is 23.9 Å². The fourth-order valence-corrected chi connectivity index (χ4v) is 3.00. The van der Waals surface area contributed by atoms with Crippen LogP contribution in [0, 0.1) is 11.3 Å². The topological polar surface area (TPSA) is 145 Å². The van der Waals surface area contributed by atoms with Crippen molar-refractivity contribution in [3.63, 3.8) is 0 Å². The van der Waals surface area contributed by atoms with Crippen molar-refractivity contribution >= 4 is 23.1 Å². The second-order valence-corrected chi connectivity index (χ2v) is 6.69. The largest absolute Gasteiger partial charge is 0.495 e. The van der Waals surface area contributed by atoms with Gasteiger partial charge in [-0.15, -0.1) is 0 Å². The van der Waals surface area contributed by atoms with Gasteiger partial charge in [0.25, 0.3) is 0 Å². The number of anilines is 4. The minimum Gasteiger partial charge on any atom is -0.495 e. The molecule has 0 fully saturated rings. The zero-order valence-corrected chi connectivity index (χ0v) is 17.1. The van der Waals surface area contributed by atoms with E-state index in [0.717, 1.165) is 11.3 Å². The summed E-state index contributed by atoms with van der Waals surface area (Å²) in [5.74, 6) is 2.40. The van der Waals surface area contributed by atoms with Crippen LogP contribution in [0.2, 0.25) is 0 Å². The van der Waals surface area contributed by atoms with Crippen molar-refractivity contribution in [1.29, 1.82) is 5.26 Å². The monoisotopic (exact) mass is 425 g/mol. The number of benzene rings is 2. The number of nitrogens with zero attached hydrogens (tertiary/aromatic N) is 4. The quantitative estimate of drug-likeness (QED) is 0.388. The molecule has 9 heteroatoms. The fraction of sp³-hybridized carbons (Fsp3) is 0.0435. The summed E-state index contributed by atoms with van der Waals surface area (Å²) in [6.07, 6.45) is 1.53. The molecule has 2 aromatic carbocycles. The number of aromatic nitrogens is 3. The van der Waals surface area contributed by atoms with Crippen LogP contribution in [0.4, 0.5) is 23.1 Å². The Hall–Kier alpha value is -4.84. The van der Waals surface area contributed by atoms with E-state index in [0.29, 0.717) is 34.4 Å². The fourth-order valence-electron chi connectivity index (χ4n) is 3.00. The summed E-state index contributed by atoms with van der Waals surface area (Å²) >= 11 is 0. The van der Waals surface area contributed by atoms with E-state index < -0.39 is 0 Å². The van der Waals surface area contributed by atoms with Crippen molar-refractivity contribution in [3.8, 4) is 34.6 Å². The van der Waals surface area contributed by atoms with Crippen LogP contribution in [0.25, 0.3) is 11.3 Å². The molecule has 0 amide bonds. The van der Waals surface area contributed by atoms with E-state index in [1.807, 2.05) is 24.3 Å². The molecule has 0 bridgehead atoms. The normalized spacial score (nSPS) is 10.2. The Morgan fingerprint density at radius 2 is 1.75 bits per heavy atom. The van der Waals surface area contributed by atoms with E-state index >= 15 is 0 Å². The standard InChI is InChI=1S/C23H19N7O2/c1-31-21-7-2-14(10-19(21)25)20-12-22(30-23(26)29-20)28-15-3-5-17(6-4-15)32-18-8-9-27-16(11-18)13-24/h2-12H,25H2,1H3,(H3,26,28,29,30). The zero-order chi connectivity index (χ0) is 22.5. The highest BCUT2D eigenvalue weighted by Gasteiger charge is 2.09. The predicted molar refractivity (Wildman–Crippen MR) is 122 cm³/mol. The number of nitrogen functional groups attached to an aromatic ring is 2. The highest BCUT2D eigenvalue weighted by atomic mass is 16.5. The molecule has 9 nitrogen and oxygen atoms in total. The molecule has 4 rings (SSSR count). The lowest BCUT2D eigenvalue weighted by molar-refractivity contribution is 0.417. The lowest BCUT2D eigenvalue weighted by Crippen LogP contribution is -2.02. The predicted octanol–water partition coefficient (Wildman–Crippen LogP) is 4.12. The maximum Gasteiger partial charge on any atom is 0.222 e. The minimum atomic E-state index is 0.130. The van der Waals surface area contributed by atoms with Crippen molar-refractivity contribution in [2.45, 2.75) is 0 Å². The third-order valence-electron chi connectivity index (χ3n) is 4.48. The second-order valence-electron chi connectivity index (χ2n) is 6.69. The summed E-state index contributed by atoms with van der Waals surface area (Å²) < 4.78 is 11.0. The molecule has 0 spiro atoms. The molecule has 0 saturated heterocycles. The summed E-state index contributed by atoms with van der Waals surface area (Å²) in [5, 5.41) is 12.2. The molecular weight excluding hydrogens is 406 g/mol. The average molecular weight is 425 g/mol. The molecular formula is C23H19N7O2. The summed E-state index contributed by atoms with van der Waals surface area (Å²) in [6, 6.07) is 19.7. The van der Waals surface area contributed by atoms with Crippen molar-refractivity contribution < 1.29 is 9.47 Å². The Balaban J connectivity index is 1.51. The van der Waals surface area contributed by atoms with Gasteiger partial charge in [0.15, 0.2) is 0 Å². The highest BCUT2D eigenvalue weighted by Crippen LogP contribution is 2.30. The van der Waals surface area contributed by atoms with Gasteiger partial charge in [0, 0.05) is 29.6 Å². The van der Waals surface area contributed by atoms with Gasteiger partial charge in [0.1, 0.15) is 34.8 Å². The Kier molecular flexibility index (Phi) is 5.68. The van der Waals surface area contributed by atoms with Gasteiger partial charge < -0.3 is 26.3 Å². The number of nitrogens with two attached hydrogens (primary N) is 2. The van der Waals surface area contributed by atoms with Gasteiger partial charge in [-0.05, 0) is 48.5 Å². The van der Waals surface area contributed by atoms with Crippen molar-refractivity contribution in [2.24, 2.45) is 0 Å². The number of pyridine rings is 1. The van der Waals surface area contributed by atoms with E-state index in [2.05, 4.69) is 20.3 Å². The highest BCUT2D eigenvalue weighted by molar-refractivity contribution is 5.72. The van der Waals surface area contributed by atoms with Crippen LogP contribution in [0.5, 0.6) is 17.2 Å². The number of hydrogen-bond acceptors (Lipinski definition) is 9. The van der Waals surface area contributed by atoms with Gasteiger partial charge in [-0.25, -0.2) is 9.97 Å². The molecule has 2 aromatic heterocycles. The lowest BCUT2D eigenvalue weighted by Gasteiger charge is -2.11. The summed E-state index contributed by atoms with van der Waals surface area (Å²) in [7, 11) is 1.56. The van der Waals surface area contributed by atoms with Crippen LogP contribution >= 0.6 is 0 Å². The van der Waals surface area contributed by atoms with Crippen LogP contribution in [0.3, 0.4) is 0 Å². The first-order valence-electron chi connectivity index (χ1n) is 9.53. The summed E-state index contributed by atoms with van der Waals surface area (Å²) in [4.78, 5) is 12.5. The van der Waals surface area contributed by atoms with Gasteiger partial charge in [0.05, 0.1) is 18.5 Å². The van der Waals surface area contributed by atoms with E-state index in [1.54, 1.807) is 49.6 Å². The first kappa shape index (κ1) is 20.4.